The third kappa shape index (κ3) is 1.39. The van der Waals surface area contributed by atoms with Crippen LogP contribution in [0.4, 0.5) is 0 Å². The van der Waals surface area contributed by atoms with Crippen LogP contribution in [0.25, 0.3) is 0 Å². The van der Waals surface area contributed by atoms with E-state index >= 15 is 0 Å². The molecule has 2 saturated carbocycles. The minimum absolute atomic E-state index is 0.0512. The molecule has 0 aromatic heterocycles. The summed E-state index contributed by atoms with van der Waals surface area (Å²) < 4.78 is 0. The first-order chi connectivity index (χ1) is 5.35. The molecular formula is C9H14N2. The Morgan fingerprint density at radius 3 is 2.55 bits per heavy atom. The van der Waals surface area contributed by atoms with E-state index in [2.05, 4.69) is 11.4 Å². The highest BCUT2D eigenvalue weighted by molar-refractivity contribution is 5.11. The smallest absolute Gasteiger partial charge is 0.0703 e. The molecule has 0 aliphatic heterocycles. The summed E-state index contributed by atoms with van der Waals surface area (Å²) >= 11 is 0. The average Bonchev–Trinajstić information content (AvgIpc) is 2.66. The molecule has 0 aromatic rings. The van der Waals surface area contributed by atoms with Gasteiger partial charge in [0.05, 0.1) is 11.5 Å². The third-order valence-electron chi connectivity index (χ3n) is 2.93. The van der Waals surface area contributed by atoms with Crippen LogP contribution >= 0.6 is 0 Å². The fourth-order valence-electron chi connectivity index (χ4n) is 1.43. The molecule has 1 N–H and O–H groups in total. The Balaban J connectivity index is 1.70. The average molecular weight is 150 g/mol. The van der Waals surface area contributed by atoms with Crippen molar-refractivity contribution in [2.45, 2.75) is 38.1 Å². The monoisotopic (exact) mass is 150 g/mol. The molecule has 0 atom stereocenters. The predicted octanol–water partition coefficient (Wildman–Crippen LogP) is 1.43. The van der Waals surface area contributed by atoms with Crippen molar-refractivity contribution in [1.29, 1.82) is 5.26 Å². The molecule has 0 unspecified atom stereocenters. The predicted molar refractivity (Wildman–Crippen MR) is 42.9 cm³/mol. The molecule has 60 valence electrons. The number of nitriles is 1. The van der Waals surface area contributed by atoms with Crippen LogP contribution in [0.3, 0.4) is 0 Å². The fraction of sp³-hybridized carbons (Fsp3) is 0.889. The van der Waals surface area contributed by atoms with Gasteiger partial charge in [0.2, 0.25) is 0 Å². The van der Waals surface area contributed by atoms with Crippen molar-refractivity contribution < 1.29 is 0 Å². The lowest BCUT2D eigenvalue weighted by Crippen LogP contribution is -2.38. The second-order valence-electron chi connectivity index (χ2n) is 3.90. The number of nitrogens with zero attached hydrogens (tertiary/aromatic N) is 1. The lowest BCUT2D eigenvalue weighted by molar-refractivity contribution is 0.325. The van der Waals surface area contributed by atoms with Crippen LogP contribution in [-0.4, -0.2) is 12.6 Å². The lowest BCUT2D eigenvalue weighted by atomic mass is 9.92. The molecule has 0 spiro atoms. The standard InChI is InChI=1S/C9H14N2/c10-6-9(4-5-9)7-11-8-2-1-3-8/h8,11H,1-5,7H2. The zero-order valence-corrected chi connectivity index (χ0v) is 6.77. The summed E-state index contributed by atoms with van der Waals surface area (Å²) in [5.74, 6) is 0. The molecule has 2 rings (SSSR count). The minimum Gasteiger partial charge on any atom is -0.312 e. The van der Waals surface area contributed by atoms with Crippen molar-refractivity contribution in [1.82, 2.24) is 5.32 Å². The topological polar surface area (TPSA) is 35.8 Å². The second kappa shape index (κ2) is 2.49. The summed E-state index contributed by atoms with van der Waals surface area (Å²) in [7, 11) is 0. The van der Waals surface area contributed by atoms with Gasteiger partial charge < -0.3 is 5.32 Å². The Bertz CT molecular complexity index is 184. The fourth-order valence-corrected chi connectivity index (χ4v) is 1.43. The summed E-state index contributed by atoms with van der Waals surface area (Å²) in [6.45, 7) is 0.939. The van der Waals surface area contributed by atoms with Gasteiger partial charge in [0, 0.05) is 12.6 Å². The maximum atomic E-state index is 8.77. The van der Waals surface area contributed by atoms with Gasteiger partial charge in [-0.1, -0.05) is 6.42 Å². The van der Waals surface area contributed by atoms with Crippen molar-refractivity contribution >= 4 is 0 Å². The molecule has 2 aliphatic carbocycles. The maximum Gasteiger partial charge on any atom is 0.0703 e. The molecule has 2 fully saturated rings. The lowest BCUT2D eigenvalue weighted by Gasteiger charge is -2.27. The van der Waals surface area contributed by atoms with E-state index in [1.165, 1.54) is 19.3 Å². The Labute approximate surface area is 67.6 Å². The molecule has 2 heteroatoms. The Morgan fingerprint density at radius 2 is 2.18 bits per heavy atom. The van der Waals surface area contributed by atoms with E-state index in [0.29, 0.717) is 0 Å². The first-order valence-corrected chi connectivity index (χ1v) is 4.49. The molecule has 0 heterocycles. The zero-order chi connectivity index (χ0) is 7.73. The maximum absolute atomic E-state index is 8.77. The largest absolute Gasteiger partial charge is 0.312 e. The summed E-state index contributed by atoms with van der Waals surface area (Å²) in [6, 6.07) is 3.13. The van der Waals surface area contributed by atoms with Crippen LogP contribution in [0.15, 0.2) is 0 Å². The van der Waals surface area contributed by atoms with Gasteiger partial charge in [0.1, 0.15) is 0 Å². The quantitative estimate of drug-likeness (QED) is 0.660. The molecule has 0 aromatic carbocycles. The molecule has 0 amide bonds. The van der Waals surface area contributed by atoms with E-state index in [1.54, 1.807) is 0 Å². The van der Waals surface area contributed by atoms with Crippen molar-refractivity contribution in [3.63, 3.8) is 0 Å². The van der Waals surface area contributed by atoms with E-state index in [1.807, 2.05) is 0 Å². The van der Waals surface area contributed by atoms with Crippen molar-refractivity contribution in [2.24, 2.45) is 5.41 Å². The van der Waals surface area contributed by atoms with Crippen LogP contribution < -0.4 is 5.32 Å². The Kier molecular flexibility index (Phi) is 1.61. The Hall–Kier alpha value is -0.550. The van der Waals surface area contributed by atoms with Gasteiger partial charge in [-0.15, -0.1) is 0 Å². The zero-order valence-electron chi connectivity index (χ0n) is 6.77. The van der Waals surface area contributed by atoms with Gasteiger partial charge in [-0.2, -0.15) is 5.26 Å². The summed E-state index contributed by atoms with van der Waals surface area (Å²) in [5, 5.41) is 12.2. The van der Waals surface area contributed by atoms with Crippen LogP contribution in [0.2, 0.25) is 0 Å². The van der Waals surface area contributed by atoms with E-state index in [0.717, 1.165) is 25.4 Å². The van der Waals surface area contributed by atoms with Gasteiger partial charge in [-0.25, -0.2) is 0 Å². The Morgan fingerprint density at radius 1 is 1.45 bits per heavy atom. The van der Waals surface area contributed by atoms with Gasteiger partial charge in [0.25, 0.3) is 0 Å². The van der Waals surface area contributed by atoms with Crippen molar-refractivity contribution in [3.05, 3.63) is 0 Å². The number of rotatable bonds is 3. The van der Waals surface area contributed by atoms with Crippen LogP contribution in [0.1, 0.15) is 32.1 Å². The van der Waals surface area contributed by atoms with Crippen molar-refractivity contribution in [2.75, 3.05) is 6.54 Å². The number of hydrogen-bond acceptors (Lipinski definition) is 2. The van der Waals surface area contributed by atoms with E-state index in [9.17, 15) is 0 Å². The molecule has 2 nitrogen and oxygen atoms in total. The van der Waals surface area contributed by atoms with Gasteiger partial charge in [-0.3, -0.25) is 0 Å². The van der Waals surface area contributed by atoms with Gasteiger partial charge in [0.15, 0.2) is 0 Å². The van der Waals surface area contributed by atoms with E-state index in [4.69, 9.17) is 5.26 Å². The SMILES string of the molecule is N#CC1(CNC2CCC2)CC1. The second-order valence-corrected chi connectivity index (χ2v) is 3.90. The summed E-state index contributed by atoms with van der Waals surface area (Å²) in [5.41, 5.74) is 0.0512. The molecule has 0 bridgehead atoms. The summed E-state index contributed by atoms with van der Waals surface area (Å²) in [6.07, 6.45) is 6.24. The van der Waals surface area contributed by atoms with Crippen LogP contribution in [0.5, 0.6) is 0 Å². The van der Waals surface area contributed by atoms with Crippen LogP contribution in [-0.2, 0) is 0 Å². The van der Waals surface area contributed by atoms with Crippen molar-refractivity contribution in [3.8, 4) is 6.07 Å². The molecule has 0 saturated heterocycles. The highest BCUT2D eigenvalue weighted by Gasteiger charge is 2.43. The van der Waals surface area contributed by atoms with Crippen LogP contribution in [0, 0.1) is 16.7 Å². The third-order valence-corrected chi connectivity index (χ3v) is 2.93. The minimum atomic E-state index is 0.0512. The van der Waals surface area contributed by atoms with E-state index in [-0.39, 0.29) is 5.41 Å². The number of nitrogens with one attached hydrogen (secondary N) is 1. The number of hydrogen-bond donors (Lipinski definition) is 1. The molecule has 0 radical (unpaired) electrons. The first-order valence-electron chi connectivity index (χ1n) is 4.49. The van der Waals surface area contributed by atoms with Gasteiger partial charge >= 0.3 is 0 Å². The van der Waals surface area contributed by atoms with Gasteiger partial charge in [-0.05, 0) is 25.7 Å². The molecule has 2 aliphatic rings. The first kappa shape index (κ1) is 7.12. The molecular weight excluding hydrogens is 136 g/mol. The van der Waals surface area contributed by atoms with E-state index < -0.39 is 0 Å². The highest BCUT2D eigenvalue weighted by Crippen LogP contribution is 2.44. The molecule has 11 heavy (non-hydrogen) atoms. The normalized spacial score (nSPS) is 27.2. The highest BCUT2D eigenvalue weighted by atomic mass is 14.9. The summed E-state index contributed by atoms with van der Waals surface area (Å²) in [4.78, 5) is 0.